The van der Waals surface area contributed by atoms with Gasteiger partial charge in [0.15, 0.2) is 0 Å². The smallest absolute Gasteiger partial charge is 0.232 e. The van der Waals surface area contributed by atoms with Gasteiger partial charge in [0.05, 0.1) is 17.3 Å². The number of nitrogens with one attached hydrogen (secondary N) is 1. The summed E-state index contributed by atoms with van der Waals surface area (Å²) >= 11 is 8.58. The van der Waals surface area contributed by atoms with Crippen molar-refractivity contribution in [3.8, 4) is 0 Å². The Hall–Kier alpha value is -0.850. The van der Waals surface area contributed by atoms with E-state index in [1.165, 1.54) is 10.4 Å². The Kier molecular flexibility index (Phi) is 4.38. The van der Waals surface area contributed by atoms with Crippen LogP contribution in [0.4, 0.5) is 11.4 Å². The van der Waals surface area contributed by atoms with Crippen LogP contribution < -0.4 is 11.1 Å². The number of nitrogens with two attached hydrogens (primary N) is 1. The van der Waals surface area contributed by atoms with Crippen LogP contribution in [-0.4, -0.2) is 5.91 Å². The summed E-state index contributed by atoms with van der Waals surface area (Å²) in [6, 6.07) is 5.74. The first-order chi connectivity index (χ1) is 10.1. The van der Waals surface area contributed by atoms with Crippen LogP contribution in [0.25, 0.3) is 0 Å². The van der Waals surface area contributed by atoms with E-state index >= 15 is 0 Å². The van der Waals surface area contributed by atoms with Gasteiger partial charge in [-0.05, 0) is 64.3 Å². The summed E-state index contributed by atoms with van der Waals surface area (Å²) < 4.78 is 1.66. The number of thiophene rings is 1. The van der Waals surface area contributed by atoms with Crippen LogP contribution in [0.5, 0.6) is 0 Å². The Labute approximate surface area is 144 Å². The van der Waals surface area contributed by atoms with Gasteiger partial charge in [-0.25, -0.2) is 0 Å². The predicted molar refractivity (Wildman–Crippen MR) is 94.9 cm³/mol. The third-order valence-corrected chi connectivity index (χ3v) is 5.78. The molecule has 0 saturated carbocycles. The van der Waals surface area contributed by atoms with Crippen molar-refractivity contribution in [1.29, 1.82) is 0 Å². The van der Waals surface area contributed by atoms with E-state index in [-0.39, 0.29) is 11.8 Å². The lowest BCUT2D eigenvalue weighted by atomic mass is 9.87. The molecule has 1 aliphatic carbocycles. The van der Waals surface area contributed by atoms with Crippen molar-refractivity contribution < 1.29 is 4.79 Å². The van der Waals surface area contributed by atoms with E-state index in [1.807, 2.05) is 6.07 Å². The van der Waals surface area contributed by atoms with Gasteiger partial charge in [0.1, 0.15) is 0 Å². The molecule has 0 radical (unpaired) electrons. The summed E-state index contributed by atoms with van der Waals surface area (Å²) in [6.07, 6.45) is 3.03. The van der Waals surface area contributed by atoms with E-state index < -0.39 is 0 Å². The number of aryl methyl sites for hydroxylation is 1. The monoisotopic (exact) mass is 428 g/mol. The van der Waals surface area contributed by atoms with E-state index in [1.54, 1.807) is 17.4 Å². The molecular weight excluding hydrogens is 416 g/mol. The largest absolute Gasteiger partial charge is 0.397 e. The van der Waals surface area contributed by atoms with Crippen LogP contribution in [0, 0.1) is 0 Å². The van der Waals surface area contributed by atoms with Gasteiger partial charge in [-0.1, -0.05) is 15.9 Å². The van der Waals surface area contributed by atoms with Gasteiger partial charge in [-0.2, -0.15) is 0 Å². The molecule has 1 atom stereocenters. The van der Waals surface area contributed by atoms with Crippen molar-refractivity contribution in [2.45, 2.75) is 25.2 Å². The van der Waals surface area contributed by atoms with Gasteiger partial charge >= 0.3 is 0 Å². The molecule has 0 aliphatic heterocycles. The maximum Gasteiger partial charge on any atom is 0.232 e. The number of amides is 1. The highest BCUT2D eigenvalue weighted by atomic mass is 79.9. The highest BCUT2D eigenvalue weighted by Gasteiger charge is 2.28. The number of nitrogen functional groups attached to an aromatic ring is 1. The summed E-state index contributed by atoms with van der Waals surface area (Å²) in [5.41, 5.74) is 8.37. The summed E-state index contributed by atoms with van der Waals surface area (Å²) in [5.74, 6) is -0.0565. The third-order valence-electron chi connectivity index (χ3n) is 3.70. The average Bonchev–Trinajstić information content (AvgIpc) is 2.90. The summed E-state index contributed by atoms with van der Waals surface area (Å²) in [5, 5.41) is 5.05. The molecule has 110 valence electrons. The molecule has 3 nitrogen and oxygen atoms in total. The SMILES string of the molecule is Nc1cc(Br)cc(Br)c1NC(=O)C1CCCc2sccc21. The first-order valence-corrected chi connectivity index (χ1v) is 9.14. The van der Waals surface area contributed by atoms with E-state index in [9.17, 15) is 4.79 Å². The maximum absolute atomic E-state index is 12.6. The summed E-state index contributed by atoms with van der Waals surface area (Å²) in [4.78, 5) is 14.0. The zero-order valence-corrected chi connectivity index (χ0v) is 15.1. The lowest BCUT2D eigenvalue weighted by Crippen LogP contribution is -2.24. The van der Waals surface area contributed by atoms with Gasteiger partial charge in [0.2, 0.25) is 5.91 Å². The molecule has 1 aromatic carbocycles. The van der Waals surface area contributed by atoms with Crippen LogP contribution in [0.15, 0.2) is 32.5 Å². The zero-order valence-electron chi connectivity index (χ0n) is 11.2. The second-order valence-electron chi connectivity index (χ2n) is 5.09. The van der Waals surface area contributed by atoms with Gasteiger partial charge in [-0.15, -0.1) is 11.3 Å². The molecule has 1 amide bonds. The van der Waals surface area contributed by atoms with E-state index in [0.29, 0.717) is 11.4 Å². The number of carbonyl (C=O) groups excluding carboxylic acids is 1. The van der Waals surface area contributed by atoms with Gasteiger partial charge in [0.25, 0.3) is 0 Å². The number of halogens is 2. The van der Waals surface area contributed by atoms with Crippen LogP contribution in [0.2, 0.25) is 0 Å². The van der Waals surface area contributed by atoms with Crippen molar-refractivity contribution in [2.24, 2.45) is 0 Å². The highest BCUT2D eigenvalue weighted by Crippen LogP contribution is 2.37. The second-order valence-corrected chi connectivity index (χ2v) is 7.86. The highest BCUT2D eigenvalue weighted by molar-refractivity contribution is 9.11. The molecule has 1 aromatic heterocycles. The van der Waals surface area contributed by atoms with Crippen LogP contribution in [-0.2, 0) is 11.2 Å². The molecule has 1 unspecified atom stereocenters. The normalized spacial score (nSPS) is 17.3. The number of carbonyl (C=O) groups is 1. The summed E-state index contributed by atoms with van der Waals surface area (Å²) in [7, 11) is 0. The van der Waals surface area contributed by atoms with E-state index in [2.05, 4.69) is 48.6 Å². The standard InChI is InChI=1S/C15H14Br2N2OS/c16-8-6-11(17)14(12(18)7-8)19-15(20)10-2-1-3-13-9(10)4-5-21-13/h4-7,10H,1-3,18H2,(H,19,20). The molecule has 3 rings (SSSR count). The Balaban J connectivity index is 1.86. The minimum Gasteiger partial charge on any atom is -0.397 e. The maximum atomic E-state index is 12.6. The van der Waals surface area contributed by atoms with Crippen molar-refractivity contribution in [3.63, 3.8) is 0 Å². The van der Waals surface area contributed by atoms with E-state index in [4.69, 9.17) is 5.73 Å². The fourth-order valence-electron chi connectivity index (χ4n) is 2.69. The molecule has 0 saturated heterocycles. The van der Waals surface area contributed by atoms with E-state index in [0.717, 1.165) is 28.2 Å². The van der Waals surface area contributed by atoms with Crippen LogP contribution in [0.1, 0.15) is 29.2 Å². The Bertz CT molecular complexity index is 676. The van der Waals surface area contributed by atoms with Gasteiger partial charge in [-0.3, -0.25) is 4.79 Å². The van der Waals surface area contributed by atoms with Crippen LogP contribution in [0.3, 0.4) is 0 Å². The predicted octanol–water partition coefficient (Wildman–Crippen LogP) is 4.91. The number of benzene rings is 1. The molecule has 0 fully saturated rings. The Morgan fingerprint density at radius 2 is 2.19 bits per heavy atom. The van der Waals surface area contributed by atoms with Gasteiger partial charge in [0, 0.05) is 13.8 Å². The quantitative estimate of drug-likeness (QED) is 0.666. The van der Waals surface area contributed by atoms with Crippen molar-refractivity contribution >= 4 is 60.5 Å². The fourth-order valence-corrected chi connectivity index (χ4v) is 5.04. The zero-order chi connectivity index (χ0) is 15.0. The number of hydrogen-bond donors (Lipinski definition) is 2. The Morgan fingerprint density at radius 1 is 1.38 bits per heavy atom. The lowest BCUT2D eigenvalue weighted by Gasteiger charge is -2.22. The molecule has 3 N–H and O–H groups in total. The second kappa shape index (κ2) is 6.10. The first-order valence-electron chi connectivity index (χ1n) is 6.68. The number of anilines is 2. The minimum absolute atomic E-state index is 0.0177. The molecule has 21 heavy (non-hydrogen) atoms. The Morgan fingerprint density at radius 3 is 2.95 bits per heavy atom. The topological polar surface area (TPSA) is 55.1 Å². The van der Waals surface area contributed by atoms with Gasteiger partial charge < -0.3 is 11.1 Å². The van der Waals surface area contributed by atoms with Crippen molar-refractivity contribution in [3.05, 3.63) is 43.0 Å². The van der Waals surface area contributed by atoms with Crippen molar-refractivity contribution in [1.82, 2.24) is 0 Å². The lowest BCUT2D eigenvalue weighted by molar-refractivity contribution is -0.117. The minimum atomic E-state index is -0.0741. The first kappa shape index (κ1) is 15.1. The molecular formula is C15H14Br2N2OS. The van der Waals surface area contributed by atoms with Crippen LogP contribution >= 0.6 is 43.2 Å². The number of hydrogen-bond acceptors (Lipinski definition) is 3. The average molecular weight is 430 g/mol. The summed E-state index contributed by atoms with van der Waals surface area (Å²) in [6.45, 7) is 0. The molecule has 6 heteroatoms. The fraction of sp³-hybridized carbons (Fsp3) is 0.267. The van der Waals surface area contributed by atoms with Crippen molar-refractivity contribution in [2.75, 3.05) is 11.1 Å². The molecule has 2 aromatic rings. The number of rotatable bonds is 2. The number of fused-ring (bicyclic) bond motifs is 1. The molecule has 0 spiro atoms. The molecule has 0 bridgehead atoms. The molecule has 1 heterocycles. The molecule has 1 aliphatic rings. The third kappa shape index (κ3) is 3.03.